The number of halogens is 1. The summed E-state index contributed by atoms with van der Waals surface area (Å²) in [6.45, 7) is 1.76. The van der Waals surface area contributed by atoms with Crippen LogP contribution >= 0.6 is 22.9 Å². The molecule has 0 aliphatic carbocycles. The zero-order valence-electron chi connectivity index (χ0n) is 18.4. The van der Waals surface area contributed by atoms with Gasteiger partial charge in [-0.1, -0.05) is 71.0 Å². The number of aromatic nitrogens is 2. The van der Waals surface area contributed by atoms with Crippen LogP contribution in [-0.4, -0.2) is 37.2 Å². The van der Waals surface area contributed by atoms with Crippen molar-refractivity contribution in [1.82, 2.24) is 10.2 Å². The van der Waals surface area contributed by atoms with E-state index in [4.69, 9.17) is 16.3 Å². The van der Waals surface area contributed by atoms with Crippen molar-refractivity contribution in [1.29, 1.82) is 0 Å². The molecular weight excluding hydrogens is 508 g/mol. The van der Waals surface area contributed by atoms with E-state index in [-0.39, 0.29) is 28.0 Å². The molecule has 8 nitrogen and oxygen atoms in total. The number of carbonyl (C=O) groups is 1. The Hall–Kier alpha value is -3.47. The molecule has 4 aromatic rings. The summed E-state index contributed by atoms with van der Waals surface area (Å²) in [7, 11) is -3.98. The van der Waals surface area contributed by atoms with Crippen LogP contribution in [0.5, 0.6) is 5.75 Å². The van der Waals surface area contributed by atoms with Gasteiger partial charge < -0.3 is 4.74 Å². The number of hydrogen-bond acceptors (Lipinski definition) is 7. The van der Waals surface area contributed by atoms with Crippen LogP contribution in [0.1, 0.15) is 5.56 Å². The minimum atomic E-state index is -3.98. The lowest BCUT2D eigenvalue weighted by atomic mass is 10.2. The molecule has 1 atom stereocenters. The Kier molecular flexibility index (Phi) is 6.18. The molecule has 1 aliphatic rings. The molecule has 178 valence electrons. The SMILES string of the molecule is Cc1ccc(-c2nnc(NC(=O)C3CN(S(=O)(=O)c4ccccc4)c4cc(Cl)ccc4O3)s2)cc1. The van der Waals surface area contributed by atoms with Crippen molar-refractivity contribution >= 4 is 49.7 Å². The zero-order valence-corrected chi connectivity index (χ0v) is 20.8. The molecule has 0 saturated carbocycles. The molecule has 0 spiro atoms. The molecule has 5 rings (SSSR count). The lowest BCUT2D eigenvalue weighted by molar-refractivity contribution is -0.122. The number of hydrogen-bond donors (Lipinski definition) is 1. The van der Waals surface area contributed by atoms with E-state index in [0.717, 1.165) is 15.4 Å². The Morgan fingerprint density at radius 2 is 1.83 bits per heavy atom. The molecule has 0 bridgehead atoms. The molecule has 11 heteroatoms. The second-order valence-electron chi connectivity index (χ2n) is 7.84. The van der Waals surface area contributed by atoms with Crippen LogP contribution in [0.4, 0.5) is 10.8 Å². The number of aryl methyl sites for hydroxylation is 1. The highest BCUT2D eigenvalue weighted by Gasteiger charge is 2.38. The van der Waals surface area contributed by atoms with Crippen LogP contribution in [0.25, 0.3) is 10.6 Å². The lowest BCUT2D eigenvalue weighted by Gasteiger charge is -2.34. The number of carbonyl (C=O) groups excluding carboxylic acids is 1. The van der Waals surface area contributed by atoms with Crippen molar-refractivity contribution in [2.75, 3.05) is 16.2 Å². The lowest BCUT2D eigenvalue weighted by Crippen LogP contribution is -2.48. The number of ether oxygens (including phenoxy) is 1. The third kappa shape index (κ3) is 4.72. The Labute approximate surface area is 211 Å². The van der Waals surface area contributed by atoms with E-state index in [9.17, 15) is 13.2 Å². The number of anilines is 2. The van der Waals surface area contributed by atoms with E-state index in [0.29, 0.717) is 10.0 Å². The van der Waals surface area contributed by atoms with E-state index in [1.165, 1.54) is 29.5 Å². The van der Waals surface area contributed by atoms with Gasteiger partial charge in [-0.15, -0.1) is 10.2 Å². The fourth-order valence-electron chi connectivity index (χ4n) is 3.58. The molecule has 2 heterocycles. The van der Waals surface area contributed by atoms with E-state index in [1.807, 2.05) is 31.2 Å². The Bertz CT molecular complexity index is 1490. The van der Waals surface area contributed by atoms with Gasteiger partial charge in [-0.2, -0.15) is 0 Å². The summed E-state index contributed by atoms with van der Waals surface area (Å²) in [5.41, 5.74) is 2.27. The highest BCUT2D eigenvalue weighted by molar-refractivity contribution is 7.92. The molecule has 0 fully saturated rings. The summed E-state index contributed by atoms with van der Waals surface area (Å²) < 4.78 is 33.9. The zero-order chi connectivity index (χ0) is 24.6. The minimum absolute atomic E-state index is 0.0962. The summed E-state index contributed by atoms with van der Waals surface area (Å²) in [5.74, 6) is -0.302. The van der Waals surface area contributed by atoms with Crippen LogP contribution in [0.15, 0.2) is 77.7 Å². The number of sulfonamides is 1. The van der Waals surface area contributed by atoms with Crippen molar-refractivity contribution in [2.45, 2.75) is 17.9 Å². The van der Waals surface area contributed by atoms with E-state index < -0.39 is 22.0 Å². The molecule has 1 aromatic heterocycles. The summed E-state index contributed by atoms with van der Waals surface area (Å²) in [4.78, 5) is 13.2. The molecule has 1 N–H and O–H groups in total. The van der Waals surface area contributed by atoms with Gasteiger partial charge >= 0.3 is 0 Å². The van der Waals surface area contributed by atoms with Crippen LogP contribution in [0.3, 0.4) is 0 Å². The summed E-state index contributed by atoms with van der Waals surface area (Å²) in [6, 6.07) is 20.4. The topological polar surface area (TPSA) is 101 Å². The first-order valence-corrected chi connectivity index (χ1v) is 13.2. The monoisotopic (exact) mass is 526 g/mol. The van der Waals surface area contributed by atoms with Crippen molar-refractivity contribution in [2.24, 2.45) is 0 Å². The third-order valence-electron chi connectivity index (χ3n) is 5.37. The molecule has 35 heavy (non-hydrogen) atoms. The standard InChI is InChI=1S/C24H19ClN4O4S2/c1-15-7-9-16(10-8-15)23-27-28-24(34-23)26-22(30)21-14-29(19-13-17(25)11-12-20(19)33-21)35(31,32)18-5-3-2-4-6-18/h2-13,21H,14H2,1H3,(H,26,28,30). The van der Waals surface area contributed by atoms with Crippen molar-refractivity contribution in [3.63, 3.8) is 0 Å². The number of nitrogens with one attached hydrogen (secondary N) is 1. The molecule has 3 aromatic carbocycles. The van der Waals surface area contributed by atoms with Gasteiger partial charge in [0.2, 0.25) is 5.13 Å². The normalized spacial score (nSPS) is 15.3. The average molecular weight is 527 g/mol. The fraction of sp³-hybridized carbons (Fsp3) is 0.125. The van der Waals surface area contributed by atoms with Crippen LogP contribution in [0, 0.1) is 6.92 Å². The van der Waals surface area contributed by atoms with Gasteiger partial charge in [0.25, 0.3) is 15.9 Å². The molecule has 1 aliphatic heterocycles. The van der Waals surface area contributed by atoms with Gasteiger partial charge in [-0.3, -0.25) is 14.4 Å². The van der Waals surface area contributed by atoms with Crippen molar-refractivity contribution < 1.29 is 17.9 Å². The highest BCUT2D eigenvalue weighted by atomic mass is 35.5. The Morgan fingerprint density at radius 3 is 2.57 bits per heavy atom. The van der Waals surface area contributed by atoms with Crippen molar-refractivity contribution in [3.8, 4) is 16.3 Å². The number of nitrogens with zero attached hydrogens (tertiary/aromatic N) is 3. The highest BCUT2D eigenvalue weighted by Crippen LogP contribution is 2.39. The second-order valence-corrected chi connectivity index (χ2v) is 11.1. The molecule has 0 saturated heterocycles. The number of fused-ring (bicyclic) bond motifs is 1. The Balaban J connectivity index is 1.41. The first-order chi connectivity index (χ1) is 16.8. The van der Waals surface area contributed by atoms with Gasteiger partial charge in [0.15, 0.2) is 6.10 Å². The predicted octanol–water partition coefficient (Wildman–Crippen LogP) is 4.76. The number of benzene rings is 3. The quantitative estimate of drug-likeness (QED) is 0.402. The molecule has 1 amide bonds. The minimum Gasteiger partial charge on any atom is -0.476 e. The van der Waals surface area contributed by atoms with Crippen molar-refractivity contribution in [3.05, 3.63) is 83.4 Å². The number of amides is 1. The fourth-order valence-corrected chi connectivity index (χ4v) is 5.99. The summed E-state index contributed by atoms with van der Waals surface area (Å²) in [6.07, 6.45) is -1.12. The maximum Gasteiger partial charge on any atom is 0.269 e. The second kappa shape index (κ2) is 9.29. The maximum atomic E-state index is 13.4. The van der Waals surface area contributed by atoms with Gasteiger partial charge in [0.1, 0.15) is 10.8 Å². The van der Waals surface area contributed by atoms with Gasteiger partial charge in [0.05, 0.1) is 17.1 Å². The summed E-state index contributed by atoms with van der Waals surface area (Å²) in [5, 5.41) is 12.2. The van der Waals surface area contributed by atoms with E-state index in [2.05, 4.69) is 15.5 Å². The van der Waals surface area contributed by atoms with Gasteiger partial charge in [-0.05, 0) is 37.3 Å². The van der Waals surface area contributed by atoms with Crippen LogP contribution in [0.2, 0.25) is 5.02 Å². The first kappa shape index (κ1) is 23.3. The first-order valence-electron chi connectivity index (χ1n) is 10.6. The van der Waals surface area contributed by atoms with Crippen LogP contribution < -0.4 is 14.4 Å². The van der Waals surface area contributed by atoms with Crippen LogP contribution in [-0.2, 0) is 14.8 Å². The average Bonchev–Trinajstić information content (AvgIpc) is 3.32. The molecular formula is C24H19ClN4O4S2. The van der Waals surface area contributed by atoms with Gasteiger partial charge in [0, 0.05) is 10.6 Å². The van der Waals surface area contributed by atoms with E-state index >= 15 is 0 Å². The van der Waals surface area contributed by atoms with E-state index in [1.54, 1.807) is 30.3 Å². The third-order valence-corrected chi connectivity index (χ3v) is 8.28. The maximum absolute atomic E-state index is 13.4. The molecule has 1 unspecified atom stereocenters. The predicted molar refractivity (Wildman–Crippen MR) is 136 cm³/mol. The number of rotatable bonds is 5. The van der Waals surface area contributed by atoms with Gasteiger partial charge in [-0.25, -0.2) is 8.42 Å². The molecule has 0 radical (unpaired) electrons. The Morgan fingerprint density at radius 1 is 1.09 bits per heavy atom. The summed E-state index contributed by atoms with van der Waals surface area (Å²) >= 11 is 7.35. The smallest absolute Gasteiger partial charge is 0.269 e. The largest absolute Gasteiger partial charge is 0.476 e.